The van der Waals surface area contributed by atoms with E-state index in [0.717, 1.165) is 11.1 Å². The van der Waals surface area contributed by atoms with Gasteiger partial charge in [-0.25, -0.2) is 0 Å². The molecule has 4 heteroatoms. The molecule has 0 aliphatic heterocycles. The Labute approximate surface area is 95.7 Å². The zero-order valence-corrected chi connectivity index (χ0v) is 10.1. The van der Waals surface area contributed by atoms with Crippen LogP contribution in [0.25, 0.3) is 11.5 Å². The predicted octanol–water partition coefficient (Wildman–Crippen LogP) is 2.96. The van der Waals surface area contributed by atoms with Gasteiger partial charge in [-0.05, 0) is 60.2 Å². The fourth-order valence-corrected chi connectivity index (χ4v) is 1.92. The Hall–Kier alpha value is -0.910. The summed E-state index contributed by atoms with van der Waals surface area (Å²) in [6.07, 6.45) is 0. The van der Waals surface area contributed by atoms with Crippen molar-refractivity contribution in [3.63, 3.8) is 0 Å². The fourth-order valence-electron chi connectivity index (χ4n) is 1.27. The number of halogens is 1. The van der Waals surface area contributed by atoms with E-state index in [0.29, 0.717) is 11.7 Å². The van der Waals surface area contributed by atoms with E-state index in [1.165, 1.54) is 3.57 Å². The average molecular weight is 300 g/mol. The Balaban J connectivity index is 2.52. The van der Waals surface area contributed by atoms with Gasteiger partial charge >= 0.3 is 0 Å². The van der Waals surface area contributed by atoms with Gasteiger partial charge in [0.2, 0.25) is 0 Å². The summed E-state index contributed by atoms with van der Waals surface area (Å²) < 4.78 is 6.32. The van der Waals surface area contributed by atoms with E-state index in [1.807, 2.05) is 26.0 Å². The minimum Gasteiger partial charge on any atom is -0.334 e. The van der Waals surface area contributed by atoms with Crippen molar-refractivity contribution < 1.29 is 4.52 Å². The normalized spacial score (nSPS) is 10.5. The Morgan fingerprint density at radius 3 is 2.64 bits per heavy atom. The summed E-state index contributed by atoms with van der Waals surface area (Å²) in [5.74, 6) is 1.26. The van der Waals surface area contributed by atoms with Crippen molar-refractivity contribution in [2.45, 2.75) is 13.8 Å². The lowest BCUT2D eigenvalue weighted by molar-refractivity contribution is 0.425. The SMILES string of the molecule is Cc1noc(-c2ccc(I)cc2C)n1. The van der Waals surface area contributed by atoms with Crippen molar-refractivity contribution in [2.75, 3.05) is 0 Å². The van der Waals surface area contributed by atoms with Crippen molar-refractivity contribution in [1.82, 2.24) is 10.1 Å². The zero-order valence-electron chi connectivity index (χ0n) is 7.91. The number of benzene rings is 1. The Bertz CT molecular complexity index is 465. The zero-order chi connectivity index (χ0) is 10.1. The molecule has 0 saturated carbocycles. The van der Waals surface area contributed by atoms with Crippen molar-refractivity contribution in [1.29, 1.82) is 0 Å². The van der Waals surface area contributed by atoms with Crippen LogP contribution in [-0.4, -0.2) is 10.1 Å². The van der Waals surface area contributed by atoms with Gasteiger partial charge < -0.3 is 4.52 Å². The molecule has 0 radical (unpaired) electrons. The van der Waals surface area contributed by atoms with Gasteiger partial charge in [-0.2, -0.15) is 4.98 Å². The van der Waals surface area contributed by atoms with Crippen LogP contribution in [0.3, 0.4) is 0 Å². The van der Waals surface area contributed by atoms with Gasteiger partial charge in [-0.15, -0.1) is 0 Å². The van der Waals surface area contributed by atoms with Crippen LogP contribution in [-0.2, 0) is 0 Å². The first kappa shape index (κ1) is 9.64. The van der Waals surface area contributed by atoms with E-state index < -0.39 is 0 Å². The molecule has 0 atom stereocenters. The van der Waals surface area contributed by atoms with Gasteiger partial charge in [0.05, 0.1) is 0 Å². The first-order valence-electron chi connectivity index (χ1n) is 4.23. The van der Waals surface area contributed by atoms with Crippen LogP contribution < -0.4 is 0 Å². The van der Waals surface area contributed by atoms with E-state index in [-0.39, 0.29) is 0 Å². The third-order valence-corrected chi connectivity index (χ3v) is 2.62. The fraction of sp³-hybridized carbons (Fsp3) is 0.200. The van der Waals surface area contributed by atoms with E-state index in [9.17, 15) is 0 Å². The molecule has 0 unspecified atom stereocenters. The van der Waals surface area contributed by atoms with E-state index in [1.54, 1.807) is 0 Å². The summed E-state index contributed by atoms with van der Waals surface area (Å²) in [6, 6.07) is 6.13. The van der Waals surface area contributed by atoms with Crippen LogP contribution in [0.4, 0.5) is 0 Å². The highest BCUT2D eigenvalue weighted by Crippen LogP contribution is 2.22. The van der Waals surface area contributed by atoms with Gasteiger partial charge in [0.25, 0.3) is 5.89 Å². The second-order valence-electron chi connectivity index (χ2n) is 3.11. The molecule has 0 saturated heterocycles. The number of hydrogen-bond acceptors (Lipinski definition) is 3. The highest BCUT2D eigenvalue weighted by Gasteiger charge is 2.08. The smallest absolute Gasteiger partial charge is 0.258 e. The predicted molar refractivity (Wildman–Crippen MR) is 61.9 cm³/mol. The van der Waals surface area contributed by atoms with Gasteiger partial charge in [0.1, 0.15) is 0 Å². The van der Waals surface area contributed by atoms with Crippen molar-refractivity contribution >= 4 is 22.6 Å². The maximum Gasteiger partial charge on any atom is 0.258 e. The second kappa shape index (κ2) is 3.68. The number of aryl methyl sites for hydroxylation is 2. The average Bonchev–Trinajstić information content (AvgIpc) is 2.51. The minimum atomic E-state index is 0.594. The quantitative estimate of drug-likeness (QED) is 0.760. The maximum atomic E-state index is 5.11. The number of aromatic nitrogens is 2. The summed E-state index contributed by atoms with van der Waals surface area (Å²) in [5, 5.41) is 3.77. The lowest BCUT2D eigenvalue weighted by atomic mass is 10.1. The number of hydrogen-bond donors (Lipinski definition) is 0. The van der Waals surface area contributed by atoms with Crippen LogP contribution in [0.2, 0.25) is 0 Å². The lowest BCUT2D eigenvalue weighted by Gasteiger charge is -2.00. The van der Waals surface area contributed by atoms with Gasteiger partial charge in [0.15, 0.2) is 5.82 Å². The molecule has 14 heavy (non-hydrogen) atoms. The molecule has 0 amide bonds. The monoisotopic (exact) mass is 300 g/mol. The minimum absolute atomic E-state index is 0.594. The Morgan fingerprint density at radius 1 is 1.29 bits per heavy atom. The second-order valence-corrected chi connectivity index (χ2v) is 4.35. The number of nitrogens with zero attached hydrogens (tertiary/aromatic N) is 2. The molecule has 1 aromatic carbocycles. The molecule has 0 bridgehead atoms. The molecular formula is C10H9IN2O. The molecule has 0 fully saturated rings. The summed E-state index contributed by atoms with van der Waals surface area (Å²) in [7, 11) is 0. The van der Waals surface area contributed by atoms with Crippen LogP contribution >= 0.6 is 22.6 Å². The highest BCUT2D eigenvalue weighted by molar-refractivity contribution is 14.1. The van der Waals surface area contributed by atoms with Gasteiger partial charge in [-0.1, -0.05) is 5.16 Å². The first-order chi connectivity index (χ1) is 6.66. The van der Waals surface area contributed by atoms with E-state index >= 15 is 0 Å². The summed E-state index contributed by atoms with van der Waals surface area (Å²) in [5.41, 5.74) is 2.16. The van der Waals surface area contributed by atoms with Crippen LogP contribution in [0, 0.1) is 17.4 Å². The molecule has 0 spiro atoms. The maximum absolute atomic E-state index is 5.11. The molecule has 0 aliphatic carbocycles. The molecule has 1 aromatic heterocycles. The third kappa shape index (κ3) is 1.79. The molecule has 2 aromatic rings. The van der Waals surface area contributed by atoms with Crippen LogP contribution in [0.1, 0.15) is 11.4 Å². The first-order valence-corrected chi connectivity index (χ1v) is 5.31. The van der Waals surface area contributed by atoms with Gasteiger partial charge in [-0.3, -0.25) is 0 Å². The van der Waals surface area contributed by atoms with Gasteiger partial charge in [0, 0.05) is 9.13 Å². The molecule has 0 N–H and O–H groups in total. The summed E-state index contributed by atoms with van der Waals surface area (Å²) in [6.45, 7) is 3.85. The molecule has 72 valence electrons. The summed E-state index contributed by atoms with van der Waals surface area (Å²) >= 11 is 2.28. The van der Waals surface area contributed by atoms with Crippen molar-refractivity contribution in [3.05, 3.63) is 33.2 Å². The van der Waals surface area contributed by atoms with E-state index in [4.69, 9.17) is 4.52 Å². The largest absolute Gasteiger partial charge is 0.334 e. The highest BCUT2D eigenvalue weighted by atomic mass is 127. The number of rotatable bonds is 1. The van der Waals surface area contributed by atoms with Crippen LogP contribution in [0.15, 0.2) is 22.7 Å². The van der Waals surface area contributed by atoms with E-state index in [2.05, 4.69) is 38.8 Å². The molecule has 3 nitrogen and oxygen atoms in total. The molecule has 2 rings (SSSR count). The Morgan fingerprint density at radius 2 is 2.07 bits per heavy atom. The third-order valence-electron chi connectivity index (χ3n) is 1.95. The van der Waals surface area contributed by atoms with Crippen molar-refractivity contribution in [2.24, 2.45) is 0 Å². The topological polar surface area (TPSA) is 38.9 Å². The lowest BCUT2D eigenvalue weighted by Crippen LogP contribution is -1.84. The summed E-state index contributed by atoms with van der Waals surface area (Å²) in [4.78, 5) is 4.19. The molecule has 1 heterocycles. The van der Waals surface area contributed by atoms with Crippen molar-refractivity contribution in [3.8, 4) is 11.5 Å². The van der Waals surface area contributed by atoms with Crippen LogP contribution in [0.5, 0.6) is 0 Å². The Kier molecular flexibility index (Phi) is 2.54. The standard InChI is InChI=1S/C10H9IN2O/c1-6-5-8(11)3-4-9(6)10-12-7(2)13-14-10/h3-5H,1-2H3. The molecular weight excluding hydrogens is 291 g/mol. The molecule has 0 aliphatic rings.